The molecule has 0 aliphatic heterocycles. The minimum absolute atomic E-state index is 0.261. The molecule has 0 bridgehead atoms. The van der Waals surface area contributed by atoms with E-state index in [9.17, 15) is 9.18 Å². The number of esters is 1. The number of rotatable bonds is 4. The van der Waals surface area contributed by atoms with Gasteiger partial charge in [-0.05, 0) is 17.7 Å². The lowest BCUT2D eigenvalue weighted by molar-refractivity contribution is -0.134. The Balaban J connectivity index is 2.54. The van der Waals surface area contributed by atoms with Gasteiger partial charge in [0, 0.05) is 25.9 Å². The third-order valence-corrected chi connectivity index (χ3v) is 1.99. The lowest BCUT2D eigenvalue weighted by atomic mass is 10.2. The first-order valence-corrected chi connectivity index (χ1v) is 4.82. The molecule has 0 aliphatic rings. The van der Waals surface area contributed by atoms with E-state index < -0.39 is 5.97 Å². The molecule has 4 heteroatoms. The van der Waals surface area contributed by atoms with Crippen LogP contribution < -0.4 is 0 Å². The minimum atomic E-state index is -0.411. The van der Waals surface area contributed by atoms with E-state index in [0.29, 0.717) is 6.54 Å². The molecule has 0 fully saturated rings. The summed E-state index contributed by atoms with van der Waals surface area (Å²) >= 11 is 0. The van der Waals surface area contributed by atoms with Gasteiger partial charge in [0.15, 0.2) is 0 Å². The van der Waals surface area contributed by atoms with Crippen LogP contribution in [-0.2, 0) is 16.1 Å². The molecule has 0 N–H and O–H groups in total. The second kappa shape index (κ2) is 5.90. The van der Waals surface area contributed by atoms with Crippen molar-refractivity contribution in [1.82, 2.24) is 4.90 Å². The van der Waals surface area contributed by atoms with Gasteiger partial charge in [0.2, 0.25) is 0 Å². The van der Waals surface area contributed by atoms with Gasteiger partial charge in [-0.2, -0.15) is 0 Å². The zero-order chi connectivity index (χ0) is 12.0. The largest absolute Gasteiger partial charge is 0.466 e. The van der Waals surface area contributed by atoms with Gasteiger partial charge in [-0.25, -0.2) is 9.18 Å². The molecule has 0 saturated carbocycles. The van der Waals surface area contributed by atoms with Crippen molar-refractivity contribution in [2.75, 3.05) is 14.2 Å². The number of halogens is 1. The fourth-order valence-corrected chi connectivity index (χ4v) is 1.23. The van der Waals surface area contributed by atoms with Crippen molar-refractivity contribution in [2.24, 2.45) is 0 Å². The normalized spacial score (nSPS) is 10.4. The monoisotopic (exact) mass is 223 g/mol. The van der Waals surface area contributed by atoms with E-state index in [-0.39, 0.29) is 5.82 Å². The van der Waals surface area contributed by atoms with E-state index >= 15 is 0 Å². The molecular weight excluding hydrogens is 209 g/mol. The molecule has 0 atom stereocenters. The van der Waals surface area contributed by atoms with Gasteiger partial charge >= 0.3 is 5.97 Å². The lowest BCUT2D eigenvalue weighted by Crippen LogP contribution is -2.11. The Morgan fingerprint density at radius 2 is 2.31 bits per heavy atom. The molecule has 0 spiro atoms. The molecule has 3 nitrogen and oxygen atoms in total. The van der Waals surface area contributed by atoms with E-state index in [1.165, 1.54) is 25.3 Å². The predicted molar refractivity (Wildman–Crippen MR) is 59.0 cm³/mol. The van der Waals surface area contributed by atoms with Crippen molar-refractivity contribution in [2.45, 2.75) is 6.54 Å². The molecule has 16 heavy (non-hydrogen) atoms. The number of hydrogen-bond acceptors (Lipinski definition) is 3. The van der Waals surface area contributed by atoms with E-state index in [4.69, 9.17) is 0 Å². The van der Waals surface area contributed by atoms with Crippen molar-refractivity contribution in [3.05, 3.63) is 47.9 Å². The summed E-state index contributed by atoms with van der Waals surface area (Å²) in [5.41, 5.74) is 0.844. The number of hydrogen-bond donors (Lipinski definition) is 0. The minimum Gasteiger partial charge on any atom is -0.466 e. The van der Waals surface area contributed by atoms with E-state index in [1.54, 1.807) is 24.2 Å². The van der Waals surface area contributed by atoms with Gasteiger partial charge in [0.25, 0.3) is 0 Å². The van der Waals surface area contributed by atoms with Crippen molar-refractivity contribution in [1.29, 1.82) is 0 Å². The van der Waals surface area contributed by atoms with Gasteiger partial charge in [-0.1, -0.05) is 12.1 Å². The van der Waals surface area contributed by atoms with Crippen LogP contribution in [0.5, 0.6) is 0 Å². The Morgan fingerprint density at radius 3 is 2.94 bits per heavy atom. The van der Waals surface area contributed by atoms with Gasteiger partial charge in [0.1, 0.15) is 5.82 Å². The number of carbonyl (C=O) groups is 1. The smallest absolute Gasteiger partial charge is 0.331 e. The standard InChI is InChI=1S/C12H14FNO2/c1-14(7-6-12(15)16-2)9-10-4-3-5-11(13)8-10/h3-8H,9H2,1-2H3. The average Bonchev–Trinajstić information content (AvgIpc) is 2.26. The summed E-state index contributed by atoms with van der Waals surface area (Å²) < 4.78 is 17.3. The summed E-state index contributed by atoms with van der Waals surface area (Å²) in [6.45, 7) is 0.533. The van der Waals surface area contributed by atoms with Gasteiger partial charge in [-0.3, -0.25) is 0 Å². The summed E-state index contributed by atoms with van der Waals surface area (Å²) in [7, 11) is 3.11. The fraction of sp³-hybridized carbons (Fsp3) is 0.250. The Morgan fingerprint density at radius 1 is 1.56 bits per heavy atom. The summed E-state index contributed by atoms with van der Waals surface area (Å²) in [6.07, 6.45) is 2.91. The summed E-state index contributed by atoms with van der Waals surface area (Å²) in [5.74, 6) is -0.672. The molecule has 0 amide bonds. The van der Waals surface area contributed by atoms with Crippen molar-refractivity contribution < 1.29 is 13.9 Å². The van der Waals surface area contributed by atoms with Crippen LogP contribution in [0.15, 0.2) is 36.5 Å². The first kappa shape index (κ1) is 12.2. The molecule has 0 unspecified atom stereocenters. The number of carbonyl (C=O) groups excluding carboxylic acids is 1. The first-order chi connectivity index (χ1) is 7.61. The highest BCUT2D eigenvalue weighted by molar-refractivity contribution is 5.81. The van der Waals surface area contributed by atoms with Crippen LogP contribution >= 0.6 is 0 Å². The molecule has 0 aliphatic carbocycles. The third-order valence-electron chi connectivity index (χ3n) is 1.99. The summed E-state index contributed by atoms with van der Waals surface area (Å²) in [5, 5.41) is 0. The molecular formula is C12H14FNO2. The lowest BCUT2D eigenvalue weighted by Gasteiger charge is -2.13. The molecule has 1 aromatic carbocycles. The van der Waals surface area contributed by atoms with Gasteiger partial charge < -0.3 is 9.64 Å². The first-order valence-electron chi connectivity index (χ1n) is 4.82. The maximum absolute atomic E-state index is 12.9. The zero-order valence-electron chi connectivity index (χ0n) is 9.31. The average molecular weight is 223 g/mol. The molecule has 0 radical (unpaired) electrons. The third kappa shape index (κ3) is 4.13. The number of methoxy groups -OCH3 is 1. The zero-order valence-corrected chi connectivity index (χ0v) is 9.31. The highest BCUT2D eigenvalue weighted by Crippen LogP contribution is 2.06. The maximum atomic E-state index is 12.9. The van der Waals surface area contributed by atoms with Gasteiger partial charge in [0.05, 0.1) is 7.11 Å². The SMILES string of the molecule is COC(=O)C=CN(C)Cc1cccc(F)c1. The maximum Gasteiger partial charge on any atom is 0.331 e. The van der Waals surface area contributed by atoms with Crippen molar-refractivity contribution in [3.63, 3.8) is 0 Å². The Hall–Kier alpha value is -1.84. The molecule has 0 heterocycles. The fourth-order valence-electron chi connectivity index (χ4n) is 1.23. The summed E-state index contributed by atoms with van der Waals surface area (Å²) in [6, 6.07) is 6.34. The van der Waals surface area contributed by atoms with Crippen molar-refractivity contribution in [3.8, 4) is 0 Å². The highest BCUT2D eigenvalue weighted by Gasteiger charge is 1.98. The van der Waals surface area contributed by atoms with Crippen LogP contribution in [0, 0.1) is 5.82 Å². The Labute approximate surface area is 94.1 Å². The highest BCUT2D eigenvalue weighted by atomic mass is 19.1. The number of benzene rings is 1. The second-order valence-corrected chi connectivity index (χ2v) is 3.38. The molecule has 0 saturated heterocycles. The van der Waals surface area contributed by atoms with E-state index in [0.717, 1.165) is 5.56 Å². The van der Waals surface area contributed by atoms with E-state index in [1.807, 2.05) is 6.07 Å². The van der Waals surface area contributed by atoms with Crippen LogP contribution in [0.3, 0.4) is 0 Å². The van der Waals surface area contributed by atoms with Gasteiger partial charge in [-0.15, -0.1) is 0 Å². The van der Waals surface area contributed by atoms with Crippen LogP contribution in [-0.4, -0.2) is 25.0 Å². The number of nitrogens with zero attached hydrogens (tertiary/aromatic N) is 1. The second-order valence-electron chi connectivity index (χ2n) is 3.38. The predicted octanol–water partition coefficient (Wildman–Crippen LogP) is 1.94. The molecule has 0 aromatic heterocycles. The number of ether oxygens (including phenoxy) is 1. The topological polar surface area (TPSA) is 29.5 Å². The van der Waals surface area contributed by atoms with E-state index in [2.05, 4.69) is 4.74 Å². The Kier molecular flexibility index (Phi) is 4.51. The van der Waals surface area contributed by atoms with Crippen LogP contribution in [0.2, 0.25) is 0 Å². The Bertz CT molecular complexity index is 390. The summed E-state index contributed by atoms with van der Waals surface area (Å²) in [4.78, 5) is 12.6. The molecule has 1 rings (SSSR count). The van der Waals surface area contributed by atoms with Crippen LogP contribution in [0.4, 0.5) is 4.39 Å². The molecule has 86 valence electrons. The quantitative estimate of drug-likeness (QED) is 0.577. The molecule has 1 aromatic rings. The van der Waals surface area contributed by atoms with Crippen LogP contribution in [0.1, 0.15) is 5.56 Å². The van der Waals surface area contributed by atoms with Crippen molar-refractivity contribution >= 4 is 5.97 Å². The van der Waals surface area contributed by atoms with Crippen LogP contribution in [0.25, 0.3) is 0 Å².